The fourth-order valence-electron chi connectivity index (χ4n) is 4.48. The number of aromatic nitrogens is 2. The van der Waals surface area contributed by atoms with E-state index in [4.69, 9.17) is 21.1 Å². The van der Waals surface area contributed by atoms with Crippen molar-refractivity contribution < 1.29 is 14.3 Å². The number of nitrogens with zero attached hydrogens (tertiary/aromatic N) is 1. The molecule has 35 heavy (non-hydrogen) atoms. The van der Waals surface area contributed by atoms with Crippen molar-refractivity contribution in [1.29, 1.82) is 0 Å². The molecule has 1 fully saturated rings. The SMILES string of the molecule is CCOC(=O)C1(Cc2cccc(-c3ccc(-c4nc(NN)c(N)c(=O)[nH]4)c(OCC)c3)c2)CCC1. The number of hydrogen-bond donors (Lipinski definition) is 4. The van der Waals surface area contributed by atoms with Crippen LogP contribution in [0.5, 0.6) is 5.75 Å². The third kappa shape index (κ3) is 4.85. The molecule has 3 aromatic rings. The van der Waals surface area contributed by atoms with Gasteiger partial charge >= 0.3 is 5.97 Å². The van der Waals surface area contributed by atoms with Gasteiger partial charge in [0.2, 0.25) is 0 Å². The van der Waals surface area contributed by atoms with Crippen LogP contribution in [0.4, 0.5) is 11.5 Å². The summed E-state index contributed by atoms with van der Waals surface area (Å²) in [5.74, 6) is 6.31. The highest BCUT2D eigenvalue weighted by Crippen LogP contribution is 2.45. The summed E-state index contributed by atoms with van der Waals surface area (Å²) in [4.78, 5) is 31.8. The van der Waals surface area contributed by atoms with E-state index in [2.05, 4.69) is 21.5 Å². The summed E-state index contributed by atoms with van der Waals surface area (Å²) in [5, 5.41) is 0. The van der Waals surface area contributed by atoms with Crippen molar-refractivity contribution >= 4 is 17.5 Å². The number of nitrogens with two attached hydrogens (primary N) is 2. The number of ether oxygens (including phenoxy) is 2. The lowest BCUT2D eigenvalue weighted by Gasteiger charge is -2.39. The predicted molar refractivity (Wildman–Crippen MR) is 136 cm³/mol. The maximum Gasteiger partial charge on any atom is 0.312 e. The Morgan fingerprint density at radius 3 is 2.57 bits per heavy atom. The molecule has 9 heteroatoms. The summed E-state index contributed by atoms with van der Waals surface area (Å²) < 4.78 is 11.2. The maximum absolute atomic E-state index is 12.6. The number of carbonyl (C=O) groups is 1. The van der Waals surface area contributed by atoms with E-state index in [1.165, 1.54) is 0 Å². The lowest BCUT2D eigenvalue weighted by Crippen LogP contribution is -2.41. The molecule has 1 aliphatic rings. The van der Waals surface area contributed by atoms with Crippen molar-refractivity contribution in [3.05, 3.63) is 58.4 Å². The van der Waals surface area contributed by atoms with E-state index in [9.17, 15) is 9.59 Å². The lowest BCUT2D eigenvalue weighted by atomic mass is 9.65. The van der Waals surface area contributed by atoms with E-state index in [0.717, 1.165) is 36.0 Å². The second-order valence-corrected chi connectivity index (χ2v) is 8.70. The van der Waals surface area contributed by atoms with Crippen molar-refractivity contribution in [1.82, 2.24) is 9.97 Å². The highest BCUT2D eigenvalue weighted by molar-refractivity contribution is 5.79. The highest BCUT2D eigenvalue weighted by atomic mass is 16.5. The number of aromatic amines is 1. The van der Waals surface area contributed by atoms with E-state index >= 15 is 0 Å². The normalized spacial score (nSPS) is 14.1. The Bertz CT molecular complexity index is 1280. The minimum Gasteiger partial charge on any atom is -0.493 e. The van der Waals surface area contributed by atoms with Gasteiger partial charge in [-0.05, 0) is 61.9 Å². The molecule has 4 rings (SSSR count). The number of rotatable bonds is 9. The summed E-state index contributed by atoms with van der Waals surface area (Å²) in [5.41, 5.74) is 10.7. The van der Waals surface area contributed by atoms with Gasteiger partial charge in [-0.2, -0.15) is 0 Å². The topological polar surface area (TPSA) is 145 Å². The minimum absolute atomic E-state index is 0.0882. The molecule has 1 heterocycles. The molecule has 0 atom stereocenters. The average Bonchev–Trinajstić information content (AvgIpc) is 2.83. The Morgan fingerprint density at radius 2 is 1.91 bits per heavy atom. The molecular formula is C26H31N5O4. The molecule has 184 valence electrons. The fraction of sp³-hybridized carbons (Fsp3) is 0.346. The van der Waals surface area contributed by atoms with E-state index in [1.807, 2.05) is 50.2 Å². The van der Waals surface area contributed by atoms with Crippen LogP contribution in [0.25, 0.3) is 22.5 Å². The molecule has 2 aromatic carbocycles. The number of benzene rings is 2. The number of H-pyrrole nitrogens is 1. The maximum atomic E-state index is 12.6. The van der Waals surface area contributed by atoms with Gasteiger partial charge in [-0.1, -0.05) is 36.8 Å². The summed E-state index contributed by atoms with van der Waals surface area (Å²) in [6, 6.07) is 13.9. The molecule has 0 amide bonds. The van der Waals surface area contributed by atoms with Gasteiger partial charge in [-0.15, -0.1) is 0 Å². The molecule has 0 aliphatic heterocycles. The third-order valence-corrected chi connectivity index (χ3v) is 6.45. The van der Waals surface area contributed by atoms with Gasteiger partial charge in [0.25, 0.3) is 5.56 Å². The Balaban J connectivity index is 1.68. The Kier molecular flexibility index (Phi) is 7.07. The van der Waals surface area contributed by atoms with Gasteiger partial charge < -0.3 is 25.6 Å². The number of esters is 1. The number of nitrogens with one attached hydrogen (secondary N) is 2. The second kappa shape index (κ2) is 10.2. The molecule has 0 unspecified atom stereocenters. The number of carbonyl (C=O) groups excluding carboxylic acids is 1. The Labute approximate surface area is 203 Å². The van der Waals surface area contributed by atoms with E-state index in [0.29, 0.717) is 36.8 Å². The summed E-state index contributed by atoms with van der Waals surface area (Å²) in [6.45, 7) is 4.55. The molecule has 0 spiro atoms. The van der Waals surface area contributed by atoms with Crippen LogP contribution in [0.3, 0.4) is 0 Å². The van der Waals surface area contributed by atoms with Crippen LogP contribution in [0, 0.1) is 5.41 Å². The number of hydrogen-bond acceptors (Lipinski definition) is 8. The molecule has 9 nitrogen and oxygen atoms in total. The zero-order valence-corrected chi connectivity index (χ0v) is 20.0. The van der Waals surface area contributed by atoms with Crippen LogP contribution < -0.4 is 27.3 Å². The zero-order valence-electron chi connectivity index (χ0n) is 20.0. The van der Waals surface area contributed by atoms with Crippen molar-refractivity contribution in [3.8, 4) is 28.3 Å². The standard InChI is InChI=1S/C26H31N5O4/c1-3-34-20-14-18(9-10-19(20)22-29-23(31-28)21(27)24(32)30-22)17-8-5-7-16(13-17)15-26(11-6-12-26)25(33)35-4-2/h5,7-10,13-14H,3-4,6,11-12,15,27-28H2,1-2H3,(H2,29,30,31,32). The first-order chi connectivity index (χ1) is 16.9. The Morgan fingerprint density at radius 1 is 1.14 bits per heavy atom. The van der Waals surface area contributed by atoms with Crippen molar-refractivity contribution in [2.45, 2.75) is 39.5 Å². The summed E-state index contributed by atoms with van der Waals surface area (Å²) >= 11 is 0. The molecule has 1 aliphatic carbocycles. The largest absolute Gasteiger partial charge is 0.493 e. The molecular weight excluding hydrogens is 446 g/mol. The lowest BCUT2D eigenvalue weighted by molar-refractivity contribution is -0.161. The van der Waals surface area contributed by atoms with E-state index < -0.39 is 11.0 Å². The molecule has 0 saturated heterocycles. The van der Waals surface area contributed by atoms with Crippen LogP contribution in [0.1, 0.15) is 38.7 Å². The van der Waals surface area contributed by atoms with E-state index in [-0.39, 0.29) is 17.5 Å². The van der Waals surface area contributed by atoms with Crippen LogP contribution >= 0.6 is 0 Å². The second-order valence-electron chi connectivity index (χ2n) is 8.70. The minimum atomic E-state index is -0.492. The first kappa shape index (κ1) is 24.3. The van der Waals surface area contributed by atoms with Gasteiger partial charge in [0.05, 0.1) is 24.2 Å². The first-order valence-corrected chi connectivity index (χ1v) is 11.8. The van der Waals surface area contributed by atoms with Crippen LogP contribution in [-0.2, 0) is 16.0 Å². The first-order valence-electron chi connectivity index (χ1n) is 11.8. The molecule has 1 saturated carbocycles. The van der Waals surface area contributed by atoms with Gasteiger partial charge in [-0.3, -0.25) is 9.59 Å². The Hall–Kier alpha value is -3.85. The summed E-state index contributed by atoms with van der Waals surface area (Å²) in [6.07, 6.45) is 3.40. The molecule has 1 aromatic heterocycles. The van der Waals surface area contributed by atoms with Crippen molar-refractivity contribution in [3.63, 3.8) is 0 Å². The number of hydrazine groups is 1. The molecule has 0 radical (unpaired) electrons. The molecule has 0 bridgehead atoms. The fourth-order valence-corrected chi connectivity index (χ4v) is 4.48. The number of nitrogen functional groups attached to an aromatic ring is 2. The van der Waals surface area contributed by atoms with Crippen LogP contribution in [0.2, 0.25) is 0 Å². The predicted octanol–water partition coefficient (Wildman–Crippen LogP) is 3.65. The van der Waals surface area contributed by atoms with Gasteiger partial charge in [0, 0.05) is 0 Å². The summed E-state index contributed by atoms with van der Waals surface area (Å²) in [7, 11) is 0. The van der Waals surface area contributed by atoms with E-state index in [1.54, 1.807) is 0 Å². The van der Waals surface area contributed by atoms with Gasteiger partial charge in [-0.25, -0.2) is 10.8 Å². The van der Waals surface area contributed by atoms with Crippen LogP contribution in [0.15, 0.2) is 47.3 Å². The average molecular weight is 478 g/mol. The van der Waals surface area contributed by atoms with Gasteiger partial charge in [0.1, 0.15) is 17.3 Å². The van der Waals surface area contributed by atoms with Crippen molar-refractivity contribution in [2.24, 2.45) is 11.3 Å². The van der Waals surface area contributed by atoms with Gasteiger partial charge in [0.15, 0.2) is 5.82 Å². The highest BCUT2D eigenvalue weighted by Gasteiger charge is 2.45. The van der Waals surface area contributed by atoms with Crippen LogP contribution in [-0.4, -0.2) is 29.2 Å². The van der Waals surface area contributed by atoms with Crippen molar-refractivity contribution in [2.75, 3.05) is 24.4 Å². The zero-order chi connectivity index (χ0) is 25.0. The quantitative estimate of drug-likeness (QED) is 0.208. The number of anilines is 2. The monoisotopic (exact) mass is 477 g/mol. The molecule has 6 N–H and O–H groups in total. The smallest absolute Gasteiger partial charge is 0.312 e. The third-order valence-electron chi connectivity index (χ3n) is 6.45.